The molecule has 4 nitrogen and oxygen atoms in total. The van der Waals surface area contributed by atoms with Crippen LogP contribution in [-0.2, 0) is 6.54 Å². The molecule has 0 bridgehead atoms. The summed E-state index contributed by atoms with van der Waals surface area (Å²) in [5.41, 5.74) is 3.55. The maximum absolute atomic E-state index is 11.8. The lowest BCUT2D eigenvalue weighted by atomic mass is 9.95. The van der Waals surface area contributed by atoms with Crippen molar-refractivity contribution in [2.45, 2.75) is 33.2 Å². The summed E-state index contributed by atoms with van der Waals surface area (Å²) >= 11 is 1.37. The Kier molecular flexibility index (Phi) is 5.12. The first-order chi connectivity index (χ1) is 10.5. The molecule has 0 aliphatic rings. The van der Waals surface area contributed by atoms with Crippen LogP contribution >= 0.6 is 23.7 Å². The third-order valence-electron chi connectivity index (χ3n) is 3.86. The van der Waals surface area contributed by atoms with Gasteiger partial charge in [-0.15, -0.1) is 23.7 Å². The van der Waals surface area contributed by atoms with E-state index in [1.165, 1.54) is 23.0 Å². The van der Waals surface area contributed by atoms with Crippen molar-refractivity contribution in [1.29, 1.82) is 5.41 Å². The molecule has 0 spiro atoms. The molecule has 0 radical (unpaired) electrons. The average Bonchev–Trinajstić information content (AvgIpc) is 2.83. The quantitative estimate of drug-likeness (QED) is 0.725. The third-order valence-corrected chi connectivity index (χ3v) is 4.58. The van der Waals surface area contributed by atoms with Crippen molar-refractivity contribution in [2.75, 3.05) is 0 Å². The molecule has 0 atom stereocenters. The number of aryl methyl sites for hydroxylation is 1. The zero-order chi connectivity index (χ0) is 15.9. The Balaban J connectivity index is 0.00000192. The van der Waals surface area contributed by atoms with Gasteiger partial charge in [0.05, 0.1) is 6.54 Å². The van der Waals surface area contributed by atoms with Gasteiger partial charge in [-0.05, 0) is 41.7 Å². The first-order valence-electron chi connectivity index (χ1n) is 7.21. The minimum absolute atomic E-state index is 0. The number of nitrogens with zero attached hydrogens (tertiary/aromatic N) is 1. The van der Waals surface area contributed by atoms with Gasteiger partial charge in [-0.3, -0.25) is 5.41 Å². The van der Waals surface area contributed by atoms with Crippen LogP contribution in [0.5, 0.6) is 0 Å². The number of benzene rings is 1. The summed E-state index contributed by atoms with van der Waals surface area (Å²) in [4.78, 5) is 12.3. The number of nitrogens with one attached hydrogen (secondary N) is 1. The van der Waals surface area contributed by atoms with Gasteiger partial charge >= 0.3 is 5.63 Å². The highest BCUT2D eigenvalue weighted by molar-refractivity contribution is 7.06. The molecule has 0 amide bonds. The van der Waals surface area contributed by atoms with Gasteiger partial charge in [-0.25, -0.2) is 4.79 Å². The maximum Gasteiger partial charge on any atom is 0.336 e. The lowest BCUT2D eigenvalue weighted by Crippen LogP contribution is -2.14. The third kappa shape index (κ3) is 3.41. The van der Waals surface area contributed by atoms with Gasteiger partial charge in [-0.2, -0.15) is 0 Å². The number of halogens is 1. The van der Waals surface area contributed by atoms with E-state index in [1.54, 1.807) is 0 Å². The highest BCUT2D eigenvalue weighted by Gasteiger charge is 2.12. The van der Waals surface area contributed by atoms with Crippen LogP contribution in [0.3, 0.4) is 0 Å². The molecular formula is C17H19ClN2O2S. The SMILES string of the molecule is Cc1cc2oc(=O)cc(Cn3ccsc3=N)c2cc1C(C)C.Cl. The van der Waals surface area contributed by atoms with Crippen molar-refractivity contribution in [3.05, 3.63) is 61.7 Å². The Morgan fingerprint density at radius 1 is 1.30 bits per heavy atom. The summed E-state index contributed by atoms with van der Waals surface area (Å²) < 4.78 is 7.19. The molecule has 0 aliphatic heterocycles. The Hall–Kier alpha value is -1.85. The summed E-state index contributed by atoms with van der Waals surface area (Å²) in [5.74, 6) is 0.407. The summed E-state index contributed by atoms with van der Waals surface area (Å²) in [7, 11) is 0. The van der Waals surface area contributed by atoms with E-state index in [2.05, 4.69) is 19.9 Å². The molecule has 2 aromatic heterocycles. The molecule has 122 valence electrons. The second-order valence-corrected chi connectivity index (χ2v) is 6.68. The largest absolute Gasteiger partial charge is 0.423 e. The summed E-state index contributed by atoms with van der Waals surface area (Å²) in [5, 5.41) is 10.7. The number of fused-ring (bicyclic) bond motifs is 1. The lowest BCUT2D eigenvalue weighted by molar-refractivity contribution is 0.557. The number of aromatic nitrogens is 1. The van der Waals surface area contributed by atoms with Gasteiger partial charge in [0.25, 0.3) is 0 Å². The molecule has 6 heteroatoms. The van der Waals surface area contributed by atoms with E-state index >= 15 is 0 Å². The highest BCUT2D eigenvalue weighted by atomic mass is 35.5. The number of hydrogen-bond donors (Lipinski definition) is 1. The summed E-state index contributed by atoms with van der Waals surface area (Å²) in [6.45, 7) is 6.85. The van der Waals surface area contributed by atoms with Gasteiger partial charge < -0.3 is 8.98 Å². The van der Waals surface area contributed by atoms with Gasteiger partial charge in [-0.1, -0.05) is 13.8 Å². The monoisotopic (exact) mass is 350 g/mol. The molecule has 0 saturated heterocycles. The van der Waals surface area contributed by atoms with E-state index in [1.807, 2.05) is 29.1 Å². The highest BCUT2D eigenvalue weighted by Crippen LogP contribution is 2.27. The van der Waals surface area contributed by atoms with E-state index in [0.717, 1.165) is 16.5 Å². The molecule has 0 unspecified atom stereocenters. The molecular weight excluding hydrogens is 332 g/mol. The molecule has 1 aromatic carbocycles. The molecule has 0 saturated carbocycles. The Morgan fingerprint density at radius 3 is 2.65 bits per heavy atom. The average molecular weight is 351 g/mol. The van der Waals surface area contributed by atoms with Gasteiger partial charge in [0.15, 0.2) is 4.80 Å². The standard InChI is InChI=1S/C17H18N2O2S.ClH/c1-10(2)13-8-14-12(9-19-4-5-22-17(19)18)7-16(20)21-15(14)6-11(13)3;/h4-8,10,18H,9H2,1-3H3;1H. The van der Waals surface area contributed by atoms with E-state index in [-0.39, 0.29) is 18.0 Å². The van der Waals surface area contributed by atoms with Crippen molar-refractivity contribution in [3.8, 4) is 0 Å². The van der Waals surface area contributed by atoms with E-state index < -0.39 is 0 Å². The van der Waals surface area contributed by atoms with Gasteiger partial charge in [0.1, 0.15) is 5.58 Å². The minimum atomic E-state index is -0.346. The predicted molar refractivity (Wildman–Crippen MR) is 95.8 cm³/mol. The fraction of sp³-hybridized carbons (Fsp3) is 0.294. The van der Waals surface area contributed by atoms with Crippen LogP contribution in [0.2, 0.25) is 0 Å². The Bertz CT molecular complexity index is 953. The Morgan fingerprint density at radius 2 is 2.04 bits per heavy atom. The second kappa shape index (κ2) is 6.72. The van der Waals surface area contributed by atoms with Gasteiger partial charge in [0, 0.05) is 23.0 Å². The maximum atomic E-state index is 11.8. The van der Waals surface area contributed by atoms with Crippen LogP contribution in [0.15, 0.2) is 39.0 Å². The van der Waals surface area contributed by atoms with E-state index in [4.69, 9.17) is 9.83 Å². The van der Waals surface area contributed by atoms with Gasteiger partial charge in [0.2, 0.25) is 0 Å². The summed E-state index contributed by atoms with van der Waals surface area (Å²) in [6.07, 6.45) is 1.87. The molecule has 0 fully saturated rings. The van der Waals surface area contributed by atoms with Crippen LogP contribution in [0, 0.1) is 12.3 Å². The lowest BCUT2D eigenvalue weighted by Gasteiger charge is -2.13. The van der Waals surface area contributed by atoms with Crippen molar-refractivity contribution in [1.82, 2.24) is 4.57 Å². The Labute approximate surface area is 144 Å². The zero-order valence-corrected chi connectivity index (χ0v) is 14.9. The van der Waals surface area contributed by atoms with Crippen molar-refractivity contribution in [2.24, 2.45) is 0 Å². The number of hydrogen-bond acceptors (Lipinski definition) is 4. The number of thiazole rings is 1. The fourth-order valence-corrected chi connectivity index (χ4v) is 3.35. The topological polar surface area (TPSA) is 59.0 Å². The van der Waals surface area contributed by atoms with Crippen LogP contribution in [0.4, 0.5) is 0 Å². The van der Waals surface area contributed by atoms with Crippen LogP contribution in [-0.4, -0.2) is 4.57 Å². The fourth-order valence-electron chi connectivity index (χ4n) is 2.76. The molecule has 2 heterocycles. The van der Waals surface area contributed by atoms with Crippen molar-refractivity contribution >= 4 is 34.7 Å². The molecule has 0 aliphatic carbocycles. The first kappa shape index (κ1) is 17.5. The predicted octanol–water partition coefficient (Wildman–Crippen LogP) is 4.04. The first-order valence-corrected chi connectivity index (χ1v) is 8.09. The van der Waals surface area contributed by atoms with E-state index in [0.29, 0.717) is 22.8 Å². The number of rotatable bonds is 3. The van der Waals surface area contributed by atoms with Crippen molar-refractivity contribution < 1.29 is 4.42 Å². The molecule has 3 aromatic rings. The van der Waals surface area contributed by atoms with Crippen LogP contribution < -0.4 is 10.4 Å². The van der Waals surface area contributed by atoms with Crippen LogP contribution in [0.25, 0.3) is 11.0 Å². The molecule has 3 rings (SSSR count). The minimum Gasteiger partial charge on any atom is -0.423 e. The van der Waals surface area contributed by atoms with Crippen LogP contribution in [0.1, 0.15) is 36.5 Å². The molecule has 1 N–H and O–H groups in total. The van der Waals surface area contributed by atoms with E-state index in [9.17, 15) is 4.79 Å². The zero-order valence-electron chi connectivity index (χ0n) is 13.3. The molecule has 23 heavy (non-hydrogen) atoms. The van der Waals surface area contributed by atoms with Crippen molar-refractivity contribution in [3.63, 3.8) is 0 Å². The summed E-state index contributed by atoms with van der Waals surface area (Å²) in [6, 6.07) is 5.59. The second-order valence-electron chi connectivity index (χ2n) is 5.79. The normalized spacial score (nSPS) is 11.0. The smallest absolute Gasteiger partial charge is 0.336 e.